The fraction of sp³-hybridized carbons (Fsp3) is 0.333. The second-order valence-corrected chi connectivity index (χ2v) is 10.6. The Bertz CT molecular complexity index is 1300. The van der Waals surface area contributed by atoms with Crippen LogP contribution in [0.4, 0.5) is 17.1 Å². The highest BCUT2D eigenvalue weighted by molar-refractivity contribution is 9.10. The normalized spacial score (nSPS) is 15.8. The summed E-state index contributed by atoms with van der Waals surface area (Å²) in [5, 5.41) is 2.98. The number of ether oxygens (including phenoxy) is 1. The Morgan fingerprint density at radius 3 is 2.21 bits per heavy atom. The summed E-state index contributed by atoms with van der Waals surface area (Å²) in [5.41, 5.74) is 3.82. The molecule has 0 spiro atoms. The van der Waals surface area contributed by atoms with Gasteiger partial charge in [0, 0.05) is 60.7 Å². The Morgan fingerprint density at radius 2 is 1.50 bits per heavy atom. The number of likely N-dealkylation sites (tertiary alicyclic amines) is 1. The molecule has 2 aliphatic rings. The minimum absolute atomic E-state index is 0.0328. The van der Waals surface area contributed by atoms with Crippen molar-refractivity contribution in [1.82, 2.24) is 4.90 Å². The summed E-state index contributed by atoms with van der Waals surface area (Å²) in [6, 6.07) is 21.1. The van der Waals surface area contributed by atoms with Gasteiger partial charge in [0.15, 0.2) is 0 Å². The van der Waals surface area contributed by atoms with E-state index in [1.54, 1.807) is 19.2 Å². The van der Waals surface area contributed by atoms with Crippen LogP contribution in [0.3, 0.4) is 0 Å². The van der Waals surface area contributed by atoms with Crippen LogP contribution in [0, 0.1) is 0 Å². The molecule has 0 atom stereocenters. The first-order valence-corrected chi connectivity index (χ1v) is 14.0. The SMILES string of the molecule is COc1ccccc1N1CCN(c2ccc(NC(=O)c3cccc(Br)c3)cc2C(=O)N2CCCCC2)CC1. The molecule has 0 radical (unpaired) electrons. The number of benzene rings is 3. The maximum Gasteiger partial charge on any atom is 0.256 e. The molecule has 38 heavy (non-hydrogen) atoms. The zero-order valence-electron chi connectivity index (χ0n) is 21.7. The molecule has 5 rings (SSSR count). The van der Waals surface area contributed by atoms with Crippen LogP contribution >= 0.6 is 15.9 Å². The second-order valence-electron chi connectivity index (χ2n) is 9.70. The highest BCUT2D eigenvalue weighted by atomic mass is 79.9. The third-order valence-corrected chi connectivity index (χ3v) is 7.75. The number of amides is 2. The monoisotopic (exact) mass is 576 g/mol. The van der Waals surface area contributed by atoms with Gasteiger partial charge < -0.3 is 24.8 Å². The summed E-state index contributed by atoms with van der Waals surface area (Å²) in [6.07, 6.45) is 3.21. The van der Waals surface area contributed by atoms with Gasteiger partial charge in [-0.25, -0.2) is 0 Å². The third-order valence-electron chi connectivity index (χ3n) is 7.26. The lowest BCUT2D eigenvalue weighted by atomic mass is 10.0. The molecule has 2 aliphatic heterocycles. The van der Waals surface area contributed by atoms with E-state index in [1.165, 1.54) is 0 Å². The maximum absolute atomic E-state index is 13.7. The Labute approximate surface area is 232 Å². The van der Waals surface area contributed by atoms with Gasteiger partial charge >= 0.3 is 0 Å². The lowest BCUT2D eigenvalue weighted by Crippen LogP contribution is -2.47. The number of anilines is 3. The van der Waals surface area contributed by atoms with Crippen molar-refractivity contribution in [3.05, 3.63) is 82.3 Å². The molecule has 2 saturated heterocycles. The van der Waals surface area contributed by atoms with Crippen molar-refractivity contribution in [3.8, 4) is 5.75 Å². The van der Waals surface area contributed by atoms with E-state index in [2.05, 4.69) is 37.1 Å². The van der Waals surface area contributed by atoms with Gasteiger partial charge in [0.25, 0.3) is 11.8 Å². The predicted molar refractivity (Wildman–Crippen MR) is 156 cm³/mol. The molecule has 198 valence electrons. The van der Waals surface area contributed by atoms with Crippen LogP contribution < -0.4 is 19.9 Å². The summed E-state index contributed by atoms with van der Waals surface area (Å²) in [7, 11) is 1.70. The van der Waals surface area contributed by atoms with Crippen molar-refractivity contribution in [2.24, 2.45) is 0 Å². The maximum atomic E-state index is 13.7. The Kier molecular flexibility index (Phi) is 8.17. The number of hydrogen-bond donors (Lipinski definition) is 1. The van der Waals surface area contributed by atoms with Crippen molar-refractivity contribution in [1.29, 1.82) is 0 Å². The van der Waals surface area contributed by atoms with Crippen LogP contribution in [-0.2, 0) is 0 Å². The summed E-state index contributed by atoms with van der Waals surface area (Å²) in [5.74, 6) is 0.693. The standard InChI is InChI=1S/C30H33BrN4O3/c1-38-28-11-4-3-10-27(28)34-18-16-33(17-19-34)26-13-12-24(32-29(36)22-8-7-9-23(31)20-22)21-25(26)30(37)35-14-5-2-6-15-35/h3-4,7-13,20-21H,2,5-6,14-19H2,1H3,(H,32,36). The second kappa shape index (κ2) is 11.9. The van der Waals surface area contributed by atoms with Gasteiger partial charge in [-0.3, -0.25) is 9.59 Å². The van der Waals surface area contributed by atoms with Crippen LogP contribution in [0.1, 0.15) is 40.0 Å². The molecule has 0 unspecified atom stereocenters. The van der Waals surface area contributed by atoms with E-state index in [1.807, 2.05) is 53.4 Å². The van der Waals surface area contributed by atoms with Crippen LogP contribution in [0.2, 0.25) is 0 Å². The molecule has 3 aromatic rings. The van der Waals surface area contributed by atoms with Crippen LogP contribution in [0.5, 0.6) is 5.75 Å². The predicted octanol–water partition coefficient (Wildman–Crippen LogP) is 5.66. The number of methoxy groups -OCH3 is 1. The number of halogens is 1. The first-order valence-electron chi connectivity index (χ1n) is 13.2. The minimum atomic E-state index is -0.208. The van der Waals surface area contributed by atoms with E-state index in [0.717, 1.165) is 80.1 Å². The number of piperazine rings is 1. The quantitative estimate of drug-likeness (QED) is 0.410. The van der Waals surface area contributed by atoms with E-state index < -0.39 is 0 Å². The highest BCUT2D eigenvalue weighted by Crippen LogP contribution is 2.32. The largest absolute Gasteiger partial charge is 0.495 e. The van der Waals surface area contributed by atoms with Crippen LogP contribution in [0.15, 0.2) is 71.2 Å². The number of piperidine rings is 1. The molecule has 8 heteroatoms. The van der Waals surface area contributed by atoms with E-state index >= 15 is 0 Å². The Balaban J connectivity index is 1.38. The number of rotatable bonds is 6. The molecule has 0 aliphatic carbocycles. The van der Waals surface area contributed by atoms with Gasteiger partial charge in [-0.15, -0.1) is 0 Å². The lowest BCUT2D eigenvalue weighted by Gasteiger charge is -2.39. The van der Waals surface area contributed by atoms with Crippen molar-refractivity contribution >= 4 is 44.8 Å². The van der Waals surface area contributed by atoms with Gasteiger partial charge in [0.05, 0.1) is 18.4 Å². The van der Waals surface area contributed by atoms with Gasteiger partial charge in [-0.1, -0.05) is 34.1 Å². The summed E-state index contributed by atoms with van der Waals surface area (Å²) in [6.45, 7) is 4.74. The third kappa shape index (κ3) is 5.80. The average molecular weight is 578 g/mol. The van der Waals surface area contributed by atoms with E-state index in [-0.39, 0.29) is 11.8 Å². The fourth-order valence-electron chi connectivity index (χ4n) is 5.24. The molecule has 0 bridgehead atoms. The van der Waals surface area contributed by atoms with Crippen molar-refractivity contribution in [2.75, 3.05) is 61.5 Å². The molecule has 7 nitrogen and oxygen atoms in total. The molecule has 2 amide bonds. The van der Waals surface area contributed by atoms with Crippen LogP contribution in [-0.4, -0.2) is 63.1 Å². The Morgan fingerprint density at radius 1 is 0.789 bits per heavy atom. The van der Waals surface area contributed by atoms with Gasteiger partial charge in [0.1, 0.15) is 5.75 Å². The highest BCUT2D eigenvalue weighted by Gasteiger charge is 2.26. The first-order chi connectivity index (χ1) is 18.5. The van der Waals surface area contributed by atoms with Crippen molar-refractivity contribution in [3.63, 3.8) is 0 Å². The van der Waals surface area contributed by atoms with Crippen molar-refractivity contribution < 1.29 is 14.3 Å². The van der Waals surface area contributed by atoms with Crippen LogP contribution in [0.25, 0.3) is 0 Å². The van der Waals surface area contributed by atoms with Gasteiger partial charge in [-0.2, -0.15) is 0 Å². The Hall–Kier alpha value is -3.52. The number of para-hydroxylation sites is 2. The molecule has 3 aromatic carbocycles. The van der Waals surface area contributed by atoms with Gasteiger partial charge in [-0.05, 0) is 67.8 Å². The molecular formula is C30H33BrN4O3. The minimum Gasteiger partial charge on any atom is -0.495 e. The van der Waals surface area contributed by atoms with E-state index in [9.17, 15) is 9.59 Å². The summed E-state index contributed by atoms with van der Waals surface area (Å²) in [4.78, 5) is 33.2. The zero-order chi connectivity index (χ0) is 26.5. The lowest BCUT2D eigenvalue weighted by molar-refractivity contribution is 0.0724. The molecule has 1 N–H and O–H groups in total. The number of carbonyl (C=O) groups excluding carboxylic acids is 2. The molecule has 0 saturated carbocycles. The molecule has 0 aromatic heterocycles. The zero-order valence-corrected chi connectivity index (χ0v) is 23.2. The molecular weight excluding hydrogens is 544 g/mol. The van der Waals surface area contributed by atoms with Crippen molar-refractivity contribution in [2.45, 2.75) is 19.3 Å². The summed E-state index contributed by atoms with van der Waals surface area (Å²) >= 11 is 3.43. The smallest absolute Gasteiger partial charge is 0.256 e. The number of nitrogens with zero attached hydrogens (tertiary/aromatic N) is 3. The number of carbonyl (C=O) groups is 2. The molecule has 2 heterocycles. The van der Waals surface area contributed by atoms with E-state index in [4.69, 9.17) is 4.74 Å². The topological polar surface area (TPSA) is 65.1 Å². The fourth-order valence-corrected chi connectivity index (χ4v) is 5.64. The molecule has 2 fully saturated rings. The van der Waals surface area contributed by atoms with E-state index in [0.29, 0.717) is 16.8 Å². The number of nitrogens with one attached hydrogen (secondary N) is 1. The number of hydrogen-bond acceptors (Lipinski definition) is 5. The summed E-state index contributed by atoms with van der Waals surface area (Å²) < 4.78 is 6.41. The van der Waals surface area contributed by atoms with Gasteiger partial charge in [0.2, 0.25) is 0 Å². The average Bonchev–Trinajstić information content (AvgIpc) is 2.97. The first kappa shape index (κ1) is 26.1.